The Bertz CT molecular complexity index is 122. The van der Waals surface area contributed by atoms with Crippen LogP contribution in [0.25, 0.3) is 0 Å². The zero-order valence-corrected chi connectivity index (χ0v) is 11.2. The minimum Gasteiger partial charge on any atom is -0.332 e. The standard InChI is InChI=1S/C11H27BN3/c1-6-13(7-2)11-15(10-5)12-14(8-3)9-4/h6-11H2,1-5H3. The van der Waals surface area contributed by atoms with E-state index in [1.165, 1.54) is 0 Å². The number of hydrogen-bond acceptors (Lipinski definition) is 3. The number of rotatable bonds is 9. The van der Waals surface area contributed by atoms with Gasteiger partial charge < -0.3 is 9.62 Å². The summed E-state index contributed by atoms with van der Waals surface area (Å²) in [4.78, 5) is 7.15. The second kappa shape index (κ2) is 9.19. The Morgan fingerprint density at radius 3 is 1.47 bits per heavy atom. The molecule has 0 spiro atoms. The molecular weight excluding hydrogens is 185 g/mol. The molecule has 0 aliphatic carbocycles. The molecule has 0 aliphatic heterocycles. The van der Waals surface area contributed by atoms with Gasteiger partial charge in [0, 0.05) is 6.67 Å². The molecule has 0 saturated heterocycles. The van der Waals surface area contributed by atoms with Gasteiger partial charge in [-0.3, -0.25) is 4.90 Å². The molecule has 89 valence electrons. The first-order valence-electron chi connectivity index (χ1n) is 6.27. The summed E-state index contributed by atoms with van der Waals surface area (Å²) in [6.07, 6.45) is 0. The van der Waals surface area contributed by atoms with Gasteiger partial charge >= 0.3 is 7.55 Å². The molecule has 0 fully saturated rings. The van der Waals surface area contributed by atoms with E-state index in [0.29, 0.717) is 0 Å². The van der Waals surface area contributed by atoms with E-state index >= 15 is 0 Å². The molecule has 3 nitrogen and oxygen atoms in total. The van der Waals surface area contributed by atoms with E-state index in [9.17, 15) is 0 Å². The Balaban J connectivity index is 4.00. The highest BCUT2D eigenvalue weighted by Gasteiger charge is 2.12. The fourth-order valence-electron chi connectivity index (χ4n) is 1.52. The SMILES string of the molecule is CCN([B]N(CC)CN(CC)CC)CC. The predicted octanol–water partition coefficient (Wildman–Crippen LogP) is 1.48. The maximum absolute atomic E-state index is 2.43. The van der Waals surface area contributed by atoms with E-state index in [1.54, 1.807) is 0 Å². The lowest BCUT2D eigenvalue weighted by molar-refractivity contribution is 0.206. The van der Waals surface area contributed by atoms with Crippen molar-refractivity contribution < 1.29 is 0 Å². The molecule has 0 rings (SSSR count). The Morgan fingerprint density at radius 2 is 1.13 bits per heavy atom. The molecule has 0 saturated carbocycles. The molecule has 0 unspecified atom stereocenters. The second-order valence-corrected chi connectivity index (χ2v) is 3.69. The maximum Gasteiger partial charge on any atom is 0.314 e. The van der Waals surface area contributed by atoms with Gasteiger partial charge in [0.25, 0.3) is 0 Å². The molecule has 0 atom stereocenters. The molecule has 0 aromatic rings. The normalized spacial score (nSPS) is 11.7. The molecule has 0 aromatic heterocycles. The van der Waals surface area contributed by atoms with Crippen molar-refractivity contribution in [2.24, 2.45) is 0 Å². The minimum atomic E-state index is 1.04. The summed E-state index contributed by atoms with van der Waals surface area (Å²) in [5, 5.41) is 0. The molecule has 4 heteroatoms. The summed E-state index contributed by atoms with van der Waals surface area (Å²) in [5.41, 5.74) is 0. The van der Waals surface area contributed by atoms with Crippen molar-refractivity contribution in [1.29, 1.82) is 0 Å². The van der Waals surface area contributed by atoms with Crippen LogP contribution >= 0.6 is 0 Å². The Hall–Kier alpha value is -0.0551. The second-order valence-electron chi connectivity index (χ2n) is 3.69. The van der Waals surface area contributed by atoms with E-state index in [2.05, 4.69) is 56.7 Å². The molecular formula is C11H27BN3. The molecule has 0 amide bonds. The topological polar surface area (TPSA) is 9.72 Å². The van der Waals surface area contributed by atoms with Crippen LogP contribution in [-0.2, 0) is 0 Å². The van der Waals surface area contributed by atoms with Gasteiger partial charge in [0.2, 0.25) is 0 Å². The molecule has 0 heterocycles. The van der Waals surface area contributed by atoms with Gasteiger partial charge in [-0.2, -0.15) is 0 Å². The van der Waals surface area contributed by atoms with Crippen LogP contribution in [0, 0.1) is 0 Å². The van der Waals surface area contributed by atoms with Crippen LogP contribution in [0.1, 0.15) is 34.6 Å². The van der Waals surface area contributed by atoms with Gasteiger partial charge in [0.1, 0.15) is 0 Å². The zero-order valence-electron chi connectivity index (χ0n) is 11.2. The third-order valence-electron chi connectivity index (χ3n) is 2.82. The number of hydrogen-bond donors (Lipinski definition) is 0. The zero-order chi connectivity index (χ0) is 11.7. The number of nitrogens with zero attached hydrogens (tertiary/aromatic N) is 3. The van der Waals surface area contributed by atoms with E-state index in [1.807, 2.05) is 0 Å². The monoisotopic (exact) mass is 212 g/mol. The molecule has 0 bridgehead atoms. The van der Waals surface area contributed by atoms with Crippen LogP contribution in [0.15, 0.2) is 0 Å². The van der Waals surface area contributed by atoms with Gasteiger partial charge in [0.15, 0.2) is 0 Å². The molecule has 15 heavy (non-hydrogen) atoms. The summed E-state index contributed by atoms with van der Waals surface area (Å²) in [5.74, 6) is 0. The van der Waals surface area contributed by atoms with Crippen LogP contribution < -0.4 is 0 Å². The molecule has 0 aromatic carbocycles. The van der Waals surface area contributed by atoms with Gasteiger partial charge in [-0.25, -0.2) is 0 Å². The third-order valence-corrected chi connectivity index (χ3v) is 2.82. The van der Waals surface area contributed by atoms with Crippen molar-refractivity contribution in [3.63, 3.8) is 0 Å². The van der Waals surface area contributed by atoms with E-state index < -0.39 is 0 Å². The van der Waals surface area contributed by atoms with Gasteiger partial charge in [-0.05, 0) is 32.7 Å². The highest BCUT2D eigenvalue weighted by atomic mass is 15.3. The summed E-state index contributed by atoms with van der Waals surface area (Å²) in [6.45, 7) is 17.6. The minimum absolute atomic E-state index is 1.04. The first-order chi connectivity index (χ1) is 7.21. The van der Waals surface area contributed by atoms with Crippen LogP contribution in [-0.4, -0.2) is 61.5 Å². The fourth-order valence-corrected chi connectivity index (χ4v) is 1.52. The van der Waals surface area contributed by atoms with Crippen molar-refractivity contribution in [1.82, 2.24) is 14.5 Å². The largest absolute Gasteiger partial charge is 0.332 e. The van der Waals surface area contributed by atoms with Crippen LogP contribution in [0.3, 0.4) is 0 Å². The first kappa shape index (κ1) is 14.9. The van der Waals surface area contributed by atoms with E-state index in [4.69, 9.17) is 0 Å². The van der Waals surface area contributed by atoms with Crippen molar-refractivity contribution in [2.75, 3.05) is 39.4 Å². The molecule has 1 radical (unpaired) electrons. The van der Waals surface area contributed by atoms with Gasteiger partial charge in [0.05, 0.1) is 0 Å². The highest BCUT2D eigenvalue weighted by molar-refractivity contribution is 6.28. The predicted molar refractivity (Wildman–Crippen MR) is 68.8 cm³/mol. The maximum atomic E-state index is 2.43. The first-order valence-corrected chi connectivity index (χ1v) is 6.27. The van der Waals surface area contributed by atoms with Crippen LogP contribution in [0.5, 0.6) is 0 Å². The van der Waals surface area contributed by atoms with Crippen molar-refractivity contribution in [3.05, 3.63) is 0 Å². The van der Waals surface area contributed by atoms with Crippen LogP contribution in [0.2, 0.25) is 0 Å². The van der Waals surface area contributed by atoms with Crippen molar-refractivity contribution >= 4 is 7.55 Å². The smallest absolute Gasteiger partial charge is 0.314 e. The van der Waals surface area contributed by atoms with Crippen molar-refractivity contribution in [2.45, 2.75) is 34.6 Å². The van der Waals surface area contributed by atoms with Crippen LogP contribution in [0.4, 0.5) is 0 Å². The summed E-state index contributed by atoms with van der Waals surface area (Å²) >= 11 is 0. The average Bonchev–Trinajstić information content (AvgIpc) is 2.30. The third kappa shape index (κ3) is 6.18. The van der Waals surface area contributed by atoms with Crippen molar-refractivity contribution in [3.8, 4) is 0 Å². The van der Waals surface area contributed by atoms with Gasteiger partial charge in [-0.1, -0.05) is 34.6 Å². The Morgan fingerprint density at radius 1 is 0.667 bits per heavy atom. The lowest BCUT2D eigenvalue weighted by atomic mass is 10.0. The molecule has 0 N–H and O–H groups in total. The van der Waals surface area contributed by atoms with E-state index in [-0.39, 0.29) is 0 Å². The summed E-state index contributed by atoms with van der Waals surface area (Å²) < 4.78 is 0. The summed E-state index contributed by atoms with van der Waals surface area (Å²) in [7, 11) is 2.26. The quantitative estimate of drug-likeness (QED) is 0.423. The molecule has 0 aliphatic rings. The lowest BCUT2D eigenvalue weighted by Crippen LogP contribution is -2.46. The highest BCUT2D eigenvalue weighted by Crippen LogP contribution is 1.95. The Labute approximate surface area is 96.7 Å². The fraction of sp³-hybridized carbons (Fsp3) is 1.00. The Kier molecular flexibility index (Phi) is 9.16. The summed E-state index contributed by atoms with van der Waals surface area (Å²) in [6, 6.07) is 0. The van der Waals surface area contributed by atoms with E-state index in [0.717, 1.165) is 39.4 Å². The average molecular weight is 212 g/mol. The van der Waals surface area contributed by atoms with Gasteiger partial charge in [-0.15, -0.1) is 0 Å². The lowest BCUT2D eigenvalue weighted by Gasteiger charge is -2.31.